The molecule has 0 radical (unpaired) electrons. The van der Waals surface area contributed by atoms with Crippen molar-refractivity contribution in [3.05, 3.63) is 0 Å². The van der Waals surface area contributed by atoms with Gasteiger partial charge in [0.15, 0.2) is 0 Å². The molecule has 102 valence electrons. The van der Waals surface area contributed by atoms with Gasteiger partial charge < -0.3 is 5.11 Å². The van der Waals surface area contributed by atoms with Crippen molar-refractivity contribution >= 4 is 0 Å². The third-order valence-corrected chi connectivity index (χ3v) is 3.82. The molecule has 0 aliphatic heterocycles. The van der Waals surface area contributed by atoms with E-state index in [1.807, 2.05) is 0 Å². The predicted molar refractivity (Wildman–Crippen MR) is 61.6 cm³/mol. The van der Waals surface area contributed by atoms with Crippen LogP contribution in [0, 0.1) is 17.8 Å². The van der Waals surface area contributed by atoms with Crippen molar-refractivity contribution in [2.45, 2.75) is 64.7 Å². The van der Waals surface area contributed by atoms with E-state index >= 15 is 0 Å². The smallest absolute Gasteiger partial charge is 0.391 e. The Morgan fingerprint density at radius 1 is 1.06 bits per heavy atom. The predicted octanol–water partition coefficient (Wildman–Crippen LogP) is 4.15. The van der Waals surface area contributed by atoms with E-state index in [4.69, 9.17) is 0 Å². The van der Waals surface area contributed by atoms with Crippen LogP contribution in [-0.4, -0.2) is 17.4 Å². The maximum absolute atomic E-state index is 12.5. The molecule has 0 spiro atoms. The van der Waals surface area contributed by atoms with Crippen LogP contribution in [0.5, 0.6) is 0 Å². The van der Waals surface area contributed by atoms with Crippen molar-refractivity contribution in [3.8, 4) is 0 Å². The van der Waals surface area contributed by atoms with Gasteiger partial charge in [0.1, 0.15) is 0 Å². The summed E-state index contributed by atoms with van der Waals surface area (Å²) in [7, 11) is 0. The summed E-state index contributed by atoms with van der Waals surface area (Å²) in [5.74, 6) is -0.528. The Morgan fingerprint density at radius 2 is 1.59 bits per heavy atom. The molecule has 0 bridgehead atoms. The highest BCUT2D eigenvalue weighted by Gasteiger charge is 2.42. The Morgan fingerprint density at radius 3 is 2.00 bits per heavy atom. The van der Waals surface area contributed by atoms with Crippen LogP contribution in [0.15, 0.2) is 0 Å². The zero-order chi connectivity index (χ0) is 13.1. The maximum atomic E-state index is 12.5. The molecule has 1 atom stereocenters. The van der Waals surface area contributed by atoms with Gasteiger partial charge in [0.05, 0.1) is 12.0 Å². The Labute approximate surface area is 101 Å². The number of aliphatic hydroxyl groups is 1. The molecule has 1 saturated carbocycles. The third-order valence-electron chi connectivity index (χ3n) is 3.82. The zero-order valence-corrected chi connectivity index (χ0v) is 10.6. The SMILES string of the molecule is CC(C)CCC(O)C1CCC(C(F)(F)F)CC1. The molecule has 1 rings (SSSR count). The van der Waals surface area contributed by atoms with Gasteiger partial charge in [-0.2, -0.15) is 13.2 Å². The minimum absolute atomic E-state index is 0.0762. The summed E-state index contributed by atoms with van der Waals surface area (Å²) in [5, 5.41) is 9.93. The van der Waals surface area contributed by atoms with Crippen LogP contribution in [0.1, 0.15) is 52.4 Å². The van der Waals surface area contributed by atoms with Gasteiger partial charge in [0, 0.05) is 0 Å². The highest BCUT2D eigenvalue weighted by molar-refractivity contribution is 4.80. The minimum Gasteiger partial charge on any atom is -0.393 e. The molecular weight excluding hydrogens is 229 g/mol. The molecule has 1 unspecified atom stereocenters. The lowest BCUT2D eigenvalue weighted by molar-refractivity contribution is -0.185. The zero-order valence-electron chi connectivity index (χ0n) is 10.6. The quantitative estimate of drug-likeness (QED) is 0.796. The number of aliphatic hydroxyl groups excluding tert-OH is 1. The first-order valence-corrected chi connectivity index (χ1v) is 6.55. The second-order valence-electron chi connectivity index (χ2n) is 5.69. The van der Waals surface area contributed by atoms with E-state index < -0.39 is 18.2 Å². The van der Waals surface area contributed by atoms with Crippen molar-refractivity contribution in [3.63, 3.8) is 0 Å². The molecule has 0 amide bonds. The Balaban J connectivity index is 2.31. The van der Waals surface area contributed by atoms with Crippen molar-refractivity contribution in [2.75, 3.05) is 0 Å². The average Bonchev–Trinajstić information content (AvgIpc) is 2.25. The summed E-state index contributed by atoms with van der Waals surface area (Å²) in [4.78, 5) is 0. The van der Waals surface area contributed by atoms with E-state index in [2.05, 4.69) is 13.8 Å². The molecule has 0 aromatic heterocycles. The fourth-order valence-electron chi connectivity index (χ4n) is 2.57. The van der Waals surface area contributed by atoms with Crippen molar-refractivity contribution in [1.29, 1.82) is 0 Å². The van der Waals surface area contributed by atoms with Gasteiger partial charge >= 0.3 is 6.18 Å². The number of hydrogen-bond acceptors (Lipinski definition) is 1. The van der Waals surface area contributed by atoms with Crippen LogP contribution in [0.2, 0.25) is 0 Å². The van der Waals surface area contributed by atoms with E-state index in [9.17, 15) is 18.3 Å². The number of hydrogen-bond donors (Lipinski definition) is 1. The summed E-state index contributed by atoms with van der Waals surface area (Å²) in [6.45, 7) is 4.18. The van der Waals surface area contributed by atoms with E-state index in [0.29, 0.717) is 18.8 Å². The highest BCUT2D eigenvalue weighted by Crippen LogP contribution is 2.40. The summed E-state index contributed by atoms with van der Waals surface area (Å²) >= 11 is 0. The minimum atomic E-state index is -4.05. The molecule has 1 N–H and O–H groups in total. The summed E-state index contributed by atoms with van der Waals surface area (Å²) < 4.78 is 37.4. The van der Waals surface area contributed by atoms with Gasteiger partial charge in [-0.15, -0.1) is 0 Å². The van der Waals surface area contributed by atoms with Crippen molar-refractivity contribution in [2.24, 2.45) is 17.8 Å². The molecule has 0 heterocycles. The first-order valence-electron chi connectivity index (χ1n) is 6.55. The fourth-order valence-corrected chi connectivity index (χ4v) is 2.57. The Kier molecular flexibility index (Phi) is 5.29. The highest BCUT2D eigenvalue weighted by atomic mass is 19.4. The largest absolute Gasteiger partial charge is 0.393 e. The average molecular weight is 252 g/mol. The molecule has 1 aliphatic carbocycles. The summed E-state index contributed by atoms with van der Waals surface area (Å²) in [5.41, 5.74) is 0. The van der Waals surface area contributed by atoms with E-state index in [-0.39, 0.29) is 18.8 Å². The normalized spacial score (nSPS) is 28.4. The molecule has 0 saturated heterocycles. The number of alkyl halides is 3. The van der Waals surface area contributed by atoms with Gasteiger partial charge in [-0.05, 0) is 50.4 Å². The molecule has 0 aromatic carbocycles. The standard InChI is InChI=1S/C13H23F3O/c1-9(2)3-8-12(17)10-4-6-11(7-5-10)13(14,15)16/h9-12,17H,3-8H2,1-2H3. The van der Waals surface area contributed by atoms with Crippen LogP contribution in [0.25, 0.3) is 0 Å². The Bertz CT molecular complexity index is 217. The van der Waals surface area contributed by atoms with E-state index in [1.165, 1.54) is 0 Å². The summed E-state index contributed by atoms with van der Waals surface area (Å²) in [6, 6.07) is 0. The summed E-state index contributed by atoms with van der Waals surface area (Å²) in [6.07, 6.45) is -1.38. The molecule has 1 nitrogen and oxygen atoms in total. The molecule has 17 heavy (non-hydrogen) atoms. The van der Waals surface area contributed by atoms with Gasteiger partial charge in [0.25, 0.3) is 0 Å². The first kappa shape index (κ1) is 14.8. The van der Waals surface area contributed by atoms with Gasteiger partial charge in [0.2, 0.25) is 0 Å². The van der Waals surface area contributed by atoms with Gasteiger partial charge in [-0.3, -0.25) is 0 Å². The van der Waals surface area contributed by atoms with Gasteiger partial charge in [-0.25, -0.2) is 0 Å². The maximum Gasteiger partial charge on any atom is 0.391 e. The molecule has 1 aliphatic rings. The second-order valence-corrected chi connectivity index (χ2v) is 5.69. The third kappa shape index (κ3) is 4.86. The monoisotopic (exact) mass is 252 g/mol. The van der Waals surface area contributed by atoms with Crippen LogP contribution in [-0.2, 0) is 0 Å². The molecule has 1 fully saturated rings. The van der Waals surface area contributed by atoms with Crippen molar-refractivity contribution in [1.82, 2.24) is 0 Å². The first-order chi connectivity index (χ1) is 7.80. The lowest BCUT2D eigenvalue weighted by Crippen LogP contribution is -2.32. The van der Waals surface area contributed by atoms with Gasteiger partial charge in [-0.1, -0.05) is 13.8 Å². The van der Waals surface area contributed by atoms with Crippen LogP contribution in [0.4, 0.5) is 13.2 Å². The molecular formula is C13H23F3O. The fraction of sp³-hybridized carbons (Fsp3) is 1.00. The molecule has 4 heteroatoms. The number of rotatable bonds is 4. The van der Waals surface area contributed by atoms with Crippen LogP contribution < -0.4 is 0 Å². The second kappa shape index (κ2) is 6.07. The molecule has 0 aromatic rings. The lowest BCUT2D eigenvalue weighted by atomic mass is 9.78. The number of halogens is 3. The van der Waals surface area contributed by atoms with E-state index in [1.54, 1.807) is 0 Å². The van der Waals surface area contributed by atoms with Crippen molar-refractivity contribution < 1.29 is 18.3 Å². The topological polar surface area (TPSA) is 20.2 Å². The Hall–Kier alpha value is -0.250. The van der Waals surface area contributed by atoms with Crippen LogP contribution in [0.3, 0.4) is 0 Å². The van der Waals surface area contributed by atoms with E-state index in [0.717, 1.165) is 12.8 Å². The lowest BCUT2D eigenvalue weighted by Gasteiger charge is -2.32. The van der Waals surface area contributed by atoms with Crippen LogP contribution >= 0.6 is 0 Å².